The molecule has 0 unspecified atom stereocenters. The third-order valence-electron chi connectivity index (χ3n) is 2.86. The quantitative estimate of drug-likeness (QED) is 0.840. The summed E-state index contributed by atoms with van der Waals surface area (Å²) in [7, 11) is 0. The van der Waals surface area contributed by atoms with Gasteiger partial charge in [0.05, 0.1) is 6.10 Å². The third kappa shape index (κ3) is 4.40. The van der Waals surface area contributed by atoms with Gasteiger partial charge in [-0.05, 0) is 69.4 Å². The second-order valence-corrected chi connectivity index (χ2v) is 4.95. The van der Waals surface area contributed by atoms with Crippen LogP contribution in [0.3, 0.4) is 0 Å². The van der Waals surface area contributed by atoms with Crippen molar-refractivity contribution in [2.75, 3.05) is 0 Å². The second kappa shape index (κ2) is 6.43. The van der Waals surface area contributed by atoms with E-state index in [9.17, 15) is 4.79 Å². The molecule has 1 aromatic carbocycles. The van der Waals surface area contributed by atoms with Crippen molar-refractivity contribution in [3.63, 3.8) is 0 Å². The number of hydrogen-bond donors (Lipinski definition) is 1. The maximum atomic E-state index is 10.5. The summed E-state index contributed by atoms with van der Waals surface area (Å²) in [5, 5.41) is 8.65. The Bertz CT molecular complexity index is 399. The lowest BCUT2D eigenvalue weighted by molar-refractivity contribution is -0.137. The lowest BCUT2D eigenvalue weighted by Gasteiger charge is -2.15. The van der Waals surface area contributed by atoms with Crippen molar-refractivity contribution in [1.82, 2.24) is 0 Å². The lowest BCUT2D eigenvalue weighted by atomic mass is 9.97. The largest absolute Gasteiger partial charge is 0.491 e. The molecule has 0 aliphatic heterocycles. The number of benzene rings is 1. The summed E-state index contributed by atoms with van der Waals surface area (Å²) in [5.74, 6) is 0.159. The van der Waals surface area contributed by atoms with E-state index in [2.05, 4.69) is 13.8 Å². The molecule has 0 atom stereocenters. The summed E-state index contributed by atoms with van der Waals surface area (Å²) >= 11 is 0. The van der Waals surface area contributed by atoms with E-state index in [0.717, 1.165) is 12.2 Å². The maximum Gasteiger partial charge on any atom is 0.303 e. The van der Waals surface area contributed by atoms with Crippen molar-refractivity contribution in [3.8, 4) is 5.75 Å². The fourth-order valence-corrected chi connectivity index (χ4v) is 2.10. The molecule has 0 saturated carbocycles. The molecule has 0 radical (unpaired) electrons. The van der Waals surface area contributed by atoms with E-state index >= 15 is 0 Å². The molecule has 1 N–H and O–H groups in total. The lowest BCUT2D eigenvalue weighted by Crippen LogP contribution is -2.07. The van der Waals surface area contributed by atoms with E-state index in [1.54, 1.807) is 0 Å². The summed E-state index contributed by atoms with van der Waals surface area (Å²) in [5.41, 5.74) is 3.60. The van der Waals surface area contributed by atoms with Crippen LogP contribution in [0, 0.1) is 13.8 Å². The van der Waals surface area contributed by atoms with E-state index in [4.69, 9.17) is 9.84 Å². The van der Waals surface area contributed by atoms with Gasteiger partial charge in [0.2, 0.25) is 0 Å². The molecule has 18 heavy (non-hydrogen) atoms. The third-order valence-corrected chi connectivity index (χ3v) is 2.86. The van der Waals surface area contributed by atoms with Crippen molar-refractivity contribution in [1.29, 1.82) is 0 Å². The van der Waals surface area contributed by atoms with Gasteiger partial charge in [0, 0.05) is 6.42 Å². The highest BCUT2D eigenvalue weighted by atomic mass is 16.5. The molecule has 3 heteroatoms. The highest BCUT2D eigenvalue weighted by molar-refractivity contribution is 5.66. The van der Waals surface area contributed by atoms with Crippen LogP contribution >= 0.6 is 0 Å². The molecule has 1 rings (SSSR count). The number of aryl methyl sites for hydroxylation is 2. The summed E-state index contributed by atoms with van der Waals surface area (Å²) in [6.07, 6.45) is 1.89. The molecule has 0 saturated heterocycles. The number of hydrogen-bond acceptors (Lipinski definition) is 2. The molecule has 0 aliphatic rings. The Morgan fingerprint density at radius 2 is 1.83 bits per heavy atom. The van der Waals surface area contributed by atoms with E-state index in [1.807, 2.05) is 26.0 Å². The van der Waals surface area contributed by atoms with Crippen LogP contribution in [0.4, 0.5) is 0 Å². The summed E-state index contributed by atoms with van der Waals surface area (Å²) < 4.78 is 5.68. The first kappa shape index (κ1) is 14.6. The highest BCUT2D eigenvalue weighted by Crippen LogP contribution is 2.24. The van der Waals surface area contributed by atoms with Gasteiger partial charge in [-0.1, -0.05) is 0 Å². The van der Waals surface area contributed by atoms with E-state index in [1.165, 1.54) is 16.7 Å². The van der Waals surface area contributed by atoms with Crippen molar-refractivity contribution < 1.29 is 14.6 Å². The monoisotopic (exact) mass is 250 g/mol. The summed E-state index contributed by atoms with van der Waals surface area (Å²) in [6, 6.07) is 4.06. The molecule has 0 fully saturated rings. The van der Waals surface area contributed by atoms with Crippen LogP contribution in [0.25, 0.3) is 0 Å². The van der Waals surface area contributed by atoms with Gasteiger partial charge in [-0.25, -0.2) is 0 Å². The molecule has 0 amide bonds. The zero-order valence-electron chi connectivity index (χ0n) is 11.6. The van der Waals surface area contributed by atoms with Gasteiger partial charge in [0.25, 0.3) is 0 Å². The second-order valence-electron chi connectivity index (χ2n) is 4.95. The van der Waals surface area contributed by atoms with E-state index in [-0.39, 0.29) is 12.5 Å². The zero-order chi connectivity index (χ0) is 13.7. The summed E-state index contributed by atoms with van der Waals surface area (Å²) in [6.45, 7) is 8.11. The Labute approximate surface area is 109 Å². The fourth-order valence-electron chi connectivity index (χ4n) is 2.10. The van der Waals surface area contributed by atoms with Crippen LogP contribution in [0.5, 0.6) is 5.75 Å². The van der Waals surface area contributed by atoms with E-state index in [0.29, 0.717) is 6.42 Å². The van der Waals surface area contributed by atoms with Crippen LogP contribution in [0.2, 0.25) is 0 Å². The van der Waals surface area contributed by atoms with Gasteiger partial charge in [0.15, 0.2) is 0 Å². The Morgan fingerprint density at radius 3 is 2.28 bits per heavy atom. The molecule has 3 nitrogen and oxygen atoms in total. The number of carboxylic acids is 1. The molecular formula is C15H22O3. The van der Waals surface area contributed by atoms with Crippen LogP contribution in [-0.4, -0.2) is 17.2 Å². The van der Waals surface area contributed by atoms with Crippen molar-refractivity contribution in [2.45, 2.75) is 53.1 Å². The SMILES string of the molecule is Cc1cc(OC(C)C)cc(C)c1CCCC(=O)O. The molecule has 0 aliphatic carbocycles. The average Bonchev–Trinajstić information content (AvgIpc) is 2.20. The van der Waals surface area contributed by atoms with Crippen LogP contribution in [-0.2, 0) is 11.2 Å². The minimum atomic E-state index is -0.731. The van der Waals surface area contributed by atoms with Crippen LogP contribution in [0.1, 0.15) is 43.4 Å². The van der Waals surface area contributed by atoms with Crippen LogP contribution in [0.15, 0.2) is 12.1 Å². The fraction of sp³-hybridized carbons (Fsp3) is 0.533. The van der Waals surface area contributed by atoms with Gasteiger partial charge in [-0.2, -0.15) is 0 Å². The normalized spacial score (nSPS) is 10.7. The Balaban J connectivity index is 2.77. The molecule has 0 spiro atoms. The molecule has 1 aromatic rings. The Kier molecular flexibility index (Phi) is 5.20. The molecule has 100 valence electrons. The number of ether oxygens (including phenoxy) is 1. The Morgan fingerprint density at radius 1 is 1.28 bits per heavy atom. The topological polar surface area (TPSA) is 46.5 Å². The Hall–Kier alpha value is -1.51. The number of carbonyl (C=O) groups is 1. The molecule has 0 aromatic heterocycles. The summed E-state index contributed by atoms with van der Waals surface area (Å²) in [4.78, 5) is 10.5. The van der Waals surface area contributed by atoms with Crippen molar-refractivity contribution in [3.05, 3.63) is 28.8 Å². The van der Waals surface area contributed by atoms with Gasteiger partial charge < -0.3 is 9.84 Å². The highest BCUT2D eigenvalue weighted by Gasteiger charge is 2.08. The van der Waals surface area contributed by atoms with Gasteiger partial charge in [0.1, 0.15) is 5.75 Å². The first-order chi connectivity index (χ1) is 8.40. The molecule has 0 heterocycles. The standard InChI is InChI=1S/C15H22O3/c1-10(2)18-13-8-11(3)14(12(4)9-13)6-5-7-15(16)17/h8-10H,5-7H2,1-4H3,(H,16,17). The predicted molar refractivity (Wildman–Crippen MR) is 72.3 cm³/mol. The smallest absolute Gasteiger partial charge is 0.303 e. The van der Waals surface area contributed by atoms with Crippen LogP contribution < -0.4 is 4.74 Å². The zero-order valence-corrected chi connectivity index (χ0v) is 11.6. The molecular weight excluding hydrogens is 228 g/mol. The van der Waals surface area contributed by atoms with Gasteiger partial charge >= 0.3 is 5.97 Å². The van der Waals surface area contributed by atoms with Crippen molar-refractivity contribution >= 4 is 5.97 Å². The van der Waals surface area contributed by atoms with Crippen molar-refractivity contribution in [2.24, 2.45) is 0 Å². The average molecular weight is 250 g/mol. The van der Waals surface area contributed by atoms with Gasteiger partial charge in [-0.15, -0.1) is 0 Å². The number of aliphatic carboxylic acids is 1. The minimum absolute atomic E-state index is 0.168. The number of rotatable bonds is 6. The maximum absolute atomic E-state index is 10.5. The first-order valence-corrected chi connectivity index (χ1v) is 6.38. The first-order valence-electron chi connectivity index (χ1n) is 6.38. The van der Waals surface area contributed by atoms with Gasteiger partial charge in [-0.3, -0.25) is 4.79 Å². The predicted octanol–water partition coefficient (Wildman–Crippen LogP) is 3.50. The van der Waals surface area contributed by atoms with E-state index < -0.39 is 5.97 Å². The number of carboxylic acid groups (broad SMARTS) is 1. The molecule has 0 bridgehead atoms. The minimum Gasteiger partial charge on any atom is -0.491 e.